The van der Waals surface area contributed by atoms with Crippen LogP contribution in [0.4, 0.5) is 4.39 Å². The molecule has 0 radical (unpaired) electrons. The van der Waals surface area contributed by atoms with Crippen molar-refractivity contribution in [2.45, 2.75) is 31.8 Å². The van der Waals surface area contributed by atoms with Gasteiger partial charge in [0.1, 0.15) is 5.82 Å². The molecule has 0 amide bonds. The van der Waals surface area contributed by atoms with Crippen molar-refractivity contribution in [2.75, 3.05) is 40.0 Å². The number of guanidine groups is 1. The molecule has 0 spiro atoms. The van der Waals surface area contributed by atoms with Crippen LogP contribution >= 0.6 is 24.0 Å². The van der Waals surface area contributed by atoms with Gasteiger partial charge in [-0.2, -0.15) is 0 Å². The van der Waals surface area contributed by atoms with Crippen LogP contribution in [0.3, 0.4) is 0 Å². The molecule has 1 aliphatic rings. The van der Waals surface area contributed by atoms with Crippen LogP contribution in [0.15, 0.2) is 29.3 Å². The van der Waals surface area contributed by atoms with Crippen LogP contribution in [0.5, 0.6) is 0 Å². The Balaban J connectivity index is 0.00000312. The third kappa shape index (κ3) is 9.37. The van der Waals surface area contributed by atoms with Crippen molar-refractivity contribution in [1.29, 1.82) is 0 Å². The number of aliphatic imine (C=N–C) groups is 1. The fourth-order valence-electron chi connectivity index (χ4n) is 2.57. The molecule has 7 heteroatoms. The molecule has 2 N–H and O–H groups in total. The largest absolute Gasteiger partial charge is 0.379 e. The number of rotatable bonds is 9. The third-order valence-electron chi connectivity index (χ3n) is 3.93. The molecule has 2 rings (SSSR count). The molecule has 5 nitrogen and oxygen atoms in total. The second-order valence-corrected chi connectivity index (χ2v) is 5.87. The molecule has 25 heavy (non-hydrogen) atoms. The Kier molecular flexibility index (Phi) is 11.8. The Labute approximate surface area is 166 Å². The summed E-state index contributed by atoms with van der Waals surface area (Å²) in [7, 11) is 1.75. The summed E-state index contributed by atoms with van der Waals surface area (Å²) >= 11 is 0. The fourth-order valence-corrected chi connectivity index (χ4v) is 2.57. The Hall–Kier alpha value is -0.930. The lowest BCUT2D eigenvalue weighted by Crippen LogP contribution is -2.39. The Morgan fingerprint density at radius 1 is 1.28 bits per heavy atom. The van der Waals surface area contributed by atoms with Crippen molar-refractivity contribution < 1.29 is 13.9 Å². The number of nitrogens with zero attached hydrogens (tertiary/aromatic N) is 1. The van der Waals surface area contributed by atoms with Crippen LogP contribution in [0, 0.1) is 5.82 Å². The van der Waals surface area contributed by atoms with Gasteiger partial charge in [0.05, 0.1) is 12.7 Å². The molecule has 1 atom stereocenters. The van der Waals surface area contributed by atoms with Gasteiger partial charge in [-0.1, -0.05) is 12.1 Å². The van der Waals surface area contributed by atoms with E-state index in [2.05, 4.69) is 15.6 Å². The van der Waals surface area contributed by atoms with Crippen LogP contribution < -0.4 is 10.6 Å². The highest BCUT2D eigenvalue weighted by Gasteiger charge is 2.14. The first-order chi connectivity index (χ1) is 11.8. The molecular weight excluding hydrogens is 436 g/mol. The van der Waals surface area contributed by atoms with Gasteiger partial charge in [-0.15, -0.1) is 24.0 Å². The van der Waals surface area contributed by atoms with Gasteiger partial charge in [0, 0.05) is 33.4 Å². The Bertz CT molecular complexity index is 494. The zero-order chi connectivity index (χ0) is 17.0. The number of nitrogens with one attached hydrogen (secondary N) is 2. The number of benzene rings is 1. The van der Waals surface area contributed by atoms with Gasteiger partial charge in [-0.3, -0.25) is 4.99 Å². The van der Waals surface area contributed by atoms with E-state index >= 15 is 0 Å². The lowest BCUT2D eigenvalue weighted by molar-refractivity contribution is 0.0168. The number of halogens is 2. The molecule has 0 aliphatic carbocycles. The Morgan fingerprint density at radius 3 is 2.72 bits per heavy atom. The van der Waals surface area contributed by atoms with Crippen LogP contribution in [0.2, 0.25) is 0 Å². The molecule has 1 aromatic rings. The van der Waals surface area contributed by atoms with Crippen molar-refractivity contribution in [3.05, 3.63) is 35.6 Å². The van der Waals surface area contributed by atoms with Gasteiger partial charge in [-0.05, 0) is 43.4 Å². The quantitative estimate of drug-likeness (QED) is 0.255. The lowest BCUT2D eigenvalue weighted by Gasteiger charge is -2.13. The maximum atomic E-state index is 12.8. The van der Waals surface area contributed by atoms with E-state index < -0.39 is 0 Å². The normalized spacial score (nSPS) is 17.2. The summed E-state index contributed by atoms with van der Waals surface area (Å²) in [5, 5.41) is 6.51. The minimum absolute atomic E-state index is 0. The van der Waals surface area contributed by atoms with E-state index in [9.17, 15) is 4.39 Å². The highest BCUT2D eigenvalue weighted by molar-refractivity contribution is 14.0. The average molecular weight is 465 g/mol. The summed E-state index contributed by atoms with van der Waals surface area (Å²) in [6.07, 6.45) is 4.30. The van der Waals surface area contributed by atoms with Gasteiger partial charge < -0.3 is 20.1 Å². The molecule has 1 fully saturated rings. The van der Waals surface area contributed by atoms with Crippen LogP contribution in [-0.2, 0) is 15.9 Å². The van der Waals surface area contributed by atoms with Crippen molar-refractivity contribution in [1.82, 2.24) is 10.6 Å². The SMILES string of the molecule is CN=C(NCCCOCC1CCCO1)NCCc1ccc(F)cc1.I. The molecule has 1 aliphatic heterocycles. The topological polar surface area (TPSA) is 54.9 Å². The Morgan fingerprint density at radius 2 is 2.04 bits per heavy atom. The average Bonchev–Trinajstić information content (AvgIpc) is 3.11. The number of hydrogen-bond acceptors (Lipinski definition) is 3. The monoisotopic (exact) mass is 465 g/mol. The van der Waals surface area contributed by atoms with Gasteiger partial charge in [0.15, 0.2) is 5.96 Å². The summed E-state index contributed by atoms with van der Waals surface area (Å²) in [5.41, 5.74) is 1.10. The predicted molar refractivity (Wildman–Crippen MR) is 109 cm³/mol. The van der Waals surface area contributed by atoms with Gasteiger partial charge >= 0.3 is 0 Å². The second-order valence-electron chi connectivity index (χ2n) is 5.87. The molecule has 142 valence electrons. The van der Waals surface area contributed by atoms with Gasteiger partial charge in [0.2, 0.25) is 0 Å². The van der Waals surface area contributed by atoms with Crippen molar-refractivity contribution in [2.24, 2.45) is 4.99 Å². The van der Waals surface area contributed by atoms with E-state index in [0.717, 1.165) is 63.5 Å². The van der Waals surface area contributed by atoms with E-state index in [1.807, 2.05) is 0 Å². The van der Waals surface area contributed by atoms with E-state index in [1.165, 1.54) is 12.1 Å². The highest BCUT2D eigenvalue weighted by Crippen LogP contribution is 2.11. The summed E-state index contributed by atoms with van der Waals surface area (Å²) < 4.78 is 24.0. The first-order valence-electron chi connectivity index (χ1n) is 8.66. The minimum atomic E-state index is -0.203. The molecular formula is C18H29FIN3O2. The zero-order valence-corrected chi connectivity index (χ0v) is 17.1. The number of hydrogen-bond donors (Lipinski definition) is 2. The van der Waals surface area contributed by atoms with Crippen molar-refractivity contribution >= 4 is 29.9 Å². The lowest BCUT2D eigenvalue weighted by atomic mass is 10.1. The van der Waals surface area contributed by atoms with E-state index in [1.54, 1.807) is 19.2 Å². The van der Waals surface area contributed by atoms with Crippen molar-refractivity contribution in [3.63, 3.8) is 0 Å². The molecule has 0 saturated carbocycles. The summed E-state index contributed by atoms with van der Waals surface area (Å²) in [6.45, 7) is 3.85. The zero-order valence-electron chi connectivity index (χ0n) is 14.8. The van der Waals surface area contributed by atoms with Crippen LogP contribution in [0.1, 0.15) is 24.8 Å². The van der Waals surface area contributed by atoms with Crippen LogP contribution in [-0.4, -0.2) is 52.0 Å². The first-order valence-corrected chi connectivity index (χ1v) is 8.66. The molecule has 1 heterocycles. The standard InChI is InChI=1S/C18H28FN3O2.HI/c1-20-18(22-11-9-15-5-7-16(19)8-6-15)21-10-3-12-23-14-17-4-2-13-24-17;/h5-8,17H,2-4,9-14H2,1H3,(H2,20,21,22);1H. The predicted octanol–water partition coefficient (Wildman–Crippen LogP) is 2.74. The van der Waals surface area contributed by atoms with Crippen LogP contribution in [0.25, 0.3) is 0 Å². The number of ether oxygens (including phenoxy) is 2. The van der Waals surface area contributed by atoms with E-state index in [4.69, 9.17) is 9.47 Å². The fraction of sp³-hybridized carbons (Fsp3) is 0.611. The molecule has 1 saturated heterocycles. The van der Waals surface area contributed by atoms with E-state index in [0.29, 0.717) is 12.7 Å². The smallest absolute Gasteiger partial charge is 0.190 e. The second kappa shape index (κ2) is 13.3. The van der Waals surface area contributed by atoms with E-state index in [-0.39, 0.29) is 29.8 Å². The summed E-state index contributed by atoms with van der Waals surface area (Å²) in [5.74, 6) is 0.571. The van der Waals surface area contributed by atoms with Crippen molar-refractivity contribution in [3.8, 4) is 0 Å². The third-order valence-corrected chi connectivity index (χ3v) is 3.93. The maximum Gasteiger partial charge on any atom is 0.190 e. The highest BCUT2D eigenvalue weighted by atomic mass is 127. The minimum Gasteiger partial charge on any atom is -0.379 e. The first kappa shape index (κ1) is 22.1. The van der Waals surface area contributed by atoms with Gasteiger partial charge in [0.25, 0.3) is 0 Å². The molecule has 1 unspecified atom stereocenters. The molecule has 1 aromatic carbocycles. The van der Waals surface area contributed by atoms with Gasteiger partial charge in [-0.25, -0.2) is 4.39 Å². The molecule has 0 aromatic heterocycles. The summed E-state index contributed by atoms with van der Waals surface area (Å²) in [4.78, 5) is 4.19. The summed E-state index contributed by atoms with van der Waals surface area (Å²) in [6, 6.07) is 6.58. The molecule has 0 bridgehead atoms. The maximum absolute atomic E-state index is 12.8.